The van der Waals surface area contributed by atoms with E-state index in [4.69, 9.17) is 14.2 Å². The van der Waals surface area contributed by atoms with Gasteiger partial charge in [0, 0.05) is 6.08 Å². The Kier molecular flexibility index (Phi) is 7.43. The highest BCUT2D eigenvalue weighted by molar-refractivity contribution is 5.89. The number of amides is 1. The van der Waals surface area contributed by atoms with Crippen LogP contribution in [0.25, 0.3) is 6.08 Å². The van der Waals surface area contributed by atoms with Gasteiger partial charge in [0.1, 0.15) is 0 Å². The number of benzene rings is 2. The third-order valence-corrected chi connectivity index (χ3v) is 3.84. The minimum Gasteiger partial charge on any atom is -0.493 e. The smallest absolute Gasteiger partial charge is 0.331 e. The summed E-state index contributed by atoms with van der Waals surface area (Å²) in [5.41, 5.74) is 1.72. The largest absolute Gasteiger partial charge is 0.493 e. The summed E-state index contributed by atoms with van der Waals surface area (Å²) in [5.74, 6) is 0.190. The van der Waals surface area contributed by atoms with Gasteiger partial charge in [0.05, 0.1) is 20.3 Å². The van der Waals surface area contributed by atoms with Crippen molar-refractivity contribution in [2.24, 2.45) is 0 Å². The lowest BCUT2D eigenvalue weighted by molar-refractivity contribution is -0.144. The summed E-state index contributed by atoms with van der Waals surface area (Å²) in [6.45, 7) is 1.53. The molecule has 27 heavy (non-hydrogen) atoms. The number of nitrogens with one attached hydrogen (secondary N) is 1. The minimum absolute atomic E-state index is 0.167. The molecule has 1 N–H and O–H groups in total. The van der Waals surface area contributed by atoms with Crippen LogP contribution in [0.2, 0.25) is 0 Å². The van der Waals surface area contributed by atoms with E-state index in [1.165, 1.54) is 13.2 Å². The van der Waals surface area contributed by atoms with E-state index in [-0.39, 0.29) is 18.6 Å². The highest BCUT2D eigenvalue weighted by atomic mass is 16.5. The van der Waals surface area contributed by atoms with Gasteiger partial charge >= 0.3 is 5.97 Å². The number of ether oxygens (including phenoxy) is 3. The first-order valence-electron chi connectivity index (χ1n) is 8.44. The molecule has 0 fully saturated rings. The lowest BCUT2D eigenvalue weighted by atomic mass is 10.1. The summed E-state index contributed by atoms with van der Waals surface area (Å²) in [6.07, 6.45) is 2.84. The van der Waals surface area contributed by atoms with E-state index in [1.807, 2.05) is 37.3 Å². The van der Waals surface area contributed by atoms with Crippen LogP contribution in [0.3, 0.4) is 0 Å². The molecule has 0 heterocycles. The fourth-order valence-corrected chi connectivity index (χ4v) is 2.41. The van der Waals surface area contributed by atoms with E-state index in [1.54, 1.807) is 31.4 Å². The molecule has 0 radical (unpaired) electrons. The number of rotatable bonds is 8. The van der Waals surface area contributed by atoms with Crippen LogP contribution in [-0.4, -0.2) is 32.7 Å². The fraction of sp³-hybridized carbons (Fsp3) is 0.238. The van der Waals surface area contributed by atoms with E-state index in [0.717, 1.165) is 11.1 Å². The summed E-state index contributed by atoms with van der Waals surface area (Å²) in [4.78, 5) is 23.7. The van der Waals surface area contributed by atoms with Crippen molar-refractivity contribution >= 4 is 18.0 Å². The average molecular weight is 369 g/mol. The zero-order valence-corrected chi connectivity index (χ0v) is 15.6. The minimum atomic E-state index is -0.604. The molecule has 0 saturated heterocycles. The molecule has 2 rings (SSSR count). The summed E-state index contributed by atoms with van der Waals surface area (Å²) < 4.78 is 15.3. The van der Waals surface area contributed by atoms with Crippen molar-refractivity contribution < 1.29 is 23.8 Å². The molecule has 6 heteroatoms. The molecule has 6 nitrogen and oxygen atoms in total. The Hall–Kier alpha value is -3.28. The number of hydrogen-bond acceptors (Lipinski definition) is 5. The van der Waals surface area contributed by atoms with E-state index >= 15 is 0 Å². The van der Waals surface area contributed by atoms with Crippen molar-refractivity contribution in [1.29, 1.82) is 0 Å². The predicted octanol–water partition coefficient (Wildman–Crippen LogP) is 3.14. The van der Waals surface area contributed by atoms with Gasteiger partial charge in [-0.2, -0.15) is 0 Å². The lowest BCUT2D eigenvalue weighted by Gasteiger charge is -2.14. The maximum absolute atomic E-state index is 11.9. The molecule has 0 aromatic heterocycles. The monoisotopic (exact) mass is 369 g/mol. The van der Waals surface area contributed by atoms with Crippen molar-refractivity contribution in [3.8, 4) is 11.5 Å². The highest BCUT2D eigenvalue weighted by Crippen LogP contribution is 2.27. The molecular formula is C21H23NO5. The summed E-state index contributed by atoms with van der Waals surface area (Å²) in [7, 11) is 3.09. The first-order valence-corrected chi connectivity index (χ1v) is 8.44. The number of methoxy groups -OCH3 is 2. The van der Waals surface area contributed by atoms with E-state index in [2.05, 4.69) is 5.32 Å². The van der Waals surface area contributed by atoms with Gasteiger partial charge < -0.3 is 19.5 Å². The Labute approximate surface area is 158 Å². The lowest BCUT2D eigenvalue weighted by Crippen LogP contribution is -2.30. The number of carbonyl (C=O) groups excluding carboxylic acids is 2. The second-order valence-corrected chi connectivity index (χ2v) is 5.76. The number of carbonyl (C=O) groups is 2. The van der Waals surface area contributed by atoms with Crippen LogP contribution in [0.1, 0.15) is 24.1 Å². The zero-order valence-electron chi connectivity index (χ0n) is 15.6. The van der Waals surface area contributed by atoms with Gasteiger partial charge in [-0.1, -0.05) is 36.4 Å². The average Bonchev–Trinajstić information content (AvgIpc) is 2.71. The van der Waals surface area contributed by atoms with Gasteiger partial charge in [-0.05, 0) is 36.3 Å². The molecule has 0 aliphatic rings. The topological polar surface area (TPSA) is 73.9 Å². The molecule has 0 spiro atoms. The second-order valence-electron chi connectivity index (χ2n) is 5.76. The Morgan fingerprint density at radius 2 is 1.74 bits per heavy atom. The Balaban J connectivity index is 1.83. The van der Waals surface area contributed by atoms with Crippen molar-refractivity contribution in [2.45, 2.75) is 13.0 Å². The van der Waals surface area contributed by atoms with Crippen molar-refractivity contribution in [3.63, 3.8) is 0 Å². The predicted molar refractivity (Wildman–Crippen MR) is 103 cm³/mol. The van der Waals surface area contributed by atoms with Crippen LogP contribution >= 0.6 is 0 Å². The van der Waals surface area contributed by atoms with Crippen molar-refractivity contribution in [3.05, 3.63) is 65.7 Å². The summed E-state index contributed by atoms with van der Waals surface area (Å²) in [5, 5.41) is 2.78. The third-order valence-electron chi connectivity index (χ3n) is 3.84. The maximum atomic E-state index is 11.9. The molecule has 2 aromatic rings. The highest BCUT2D eigenvalue weighted by Gasteiger charge is 2.10. The molecule has 0 unspecified atom stereocenters. The molecule has 0 bridgehead atoms. The maximum Gasteiger partial charge on any atom is 0.331 e. The summed E-state index contributed by atoms with van der Waals surface area (Å²) >= 11 is 0. The van der Waals surface area contributed by atoms with Crippen molar-refractivity contribution in [1.82, 2.24) is 5.32 Å². The molecule has 0 aliphatic carbocycles. The normalized spacial score (nSPS) is 11.7. The van der Waals surface area contributed by atoms with E-state index in [9.17, 15) is 9.59 Å². The molecule has 0 aliphatic heterocycles. The summed E-state index contributed by atoms with van der Waals surface area (Å²) in [6, 6.07) is 14.6. The molecule has 0 saturated carbocycles. The second kappa shape index (κ2) is 10.0. The van der Waals surface area contributed by atoms with Crippen molar-refractivity contribution in [2.75, 3.05) is 20.8 Å². The third kappa shape index (κ3) is 6.18. The fourth-order valence-electron chi connectivity index (χ4n) is 2.41. The zero-order chi connectivity index (χ0) is 19.6. The number of hydrogen-bond donors (Lipinski definition) is 1. The van der Waals surface area contributed by atoms with Crippen LogP contribution in [0.4, 0.5) is 0 Å². The molecule has 1 atom stereocenters. The van der Waals surface area contributed by atoms with Gasteiger partial charge in [0.25, 0.3) is 5.91 Å². The van der Waals surface area contributed by atoms with Crippen LogP contribution < -0.4 is 14.8 Å². The Morgan fingerprint density at radius 1 is 1.04 bits per heavy atom. The first kappa shape index (κ1) is 20.0. The van der Waals surface area contributed by atoms with Gasteiger partial charge in [-0.25, -0.2) is 4.79 Å². The van der Waals surface area contributed by atoms with Crippen LogP contribution in [0.5, 0.6) is 11.5 Å². The van der Waals surface area contributed by atoms with Gasteiger partial charge in [-0.15, -0.1) is 0 Å². The molecule has 1 amide bonds. The van der Waals surface area contributed by atoms with Crippen LogP contribution in [0.15, 0.2) is 54.6 Å². The Bertz CT molecular complexity index is 801. The SMILES string of the molecule is COc1ccc(/C=C/C(=O)OCC(=O)N[C@@H](C)c2ccccc2)cc1OC. The molecule has 142 valence electrons. The van der Waals surface area contributed by atoms with E-state index in [0.29, 0.717) is 11.5 Å². The standard InChI is InChI=1S/C21H23NO5/c1-15(17-7-5-4-6-8-17)22-20(23)14-27-21(24)12-10-16-9-11-18(25-2)19(13-16)26-3/h4-13,15H,14H2,1-3H3,(H,22,23)/b12-10+/t15-/m0/s1. The first-order chi connectivity index (χ1) is 13.0. The quantitative estimate of drug-likeness (QED) is 0.572. The molecular weight excluding hydrogens is 346 g/mol. The number of esters is 1. The van der Waals surface area contributed by atoms with Gasteiger partial charge in [0.15, 0.2) is 18.1 Å². The van der Waals surface area contributed by atoms with Gasteiger partial charge in [-0.3, -0.25) is 4.79 Å². The van der Waals surface area contributed by atoms with Gasteiger partial charge in [0.2, 0.25) is 0 Å². The van der Waals surface area contributed by atoms with Crippen LogP contribution in [-0.2, 0) is 14.3 Å². The van der Waals surface area contributed by atoms with Crippen LogP contribution in [0, 0.1) is 0 Å². The molecule has 2 aromatic carbocycles. The van der Waals surface area contributed by atoms with E-state index < -0.39 is 5.97 Å². The Morgan fingerprint density at radius 3 is 2.41 bits per heavy atom.